The first-order chi connectivity index (χ1) is 14.0. The number of aromatic nitrogens is 1. The Morgan fingerprint density at radius 2 is 1.77 bits per heavy atom. The van der Waals surface area contributed by atoms with E-state index in [9.17, 15) is 13.2 Å². The van der Waals surface area contributed by atoms with E-state index in [2.05, 4.69) is 25.5 Å². The number of hydrogen-bond acceptors (Lipinski definition) is 4. The van der Waals surface area contributed by atoms with Gasteiger partial charge in [-0.15, -0.1) is 24.0 Å². The van der Waals surface area contributed by atoms with E-state index in [0.29, 0.717) is 32.3 Å². The summed E-state index contributed by atoms with van der Waals surface area (Å²) in [6, 6.07) is 8.98. The number of ether oxygens (including phenoxy) is 1. The number of aliphatic imine (C=N–C) groups is 1. The Morgan fingerprint density at radius 3 is 2.40 bits per heavy atom. The van der Waals surface area contributed by atoms with Crippen LogP contribution in [0.25, 0.3) is 0 Å². The Balaban J connectivity index is 0.00000320. The van der Waals surface area contributed by atoms with Crippen LogP contribution in [0.2, 0.25) is 0 Å². The summed E-state index contributed by atoms with van der Waals surface area (Å²) < 4.78 is 43.4. The molecule has 1 aliphatic heterocycles. The molecule has 2 heterocycles. The summed E-state index contributed by atoms with van der Waals surface area (Å²) in [7, 11) is 1.65. The highest BCUT2D eigenvalue weighted by Crippen LogP contribution is 2.29. The van der Waals surface area contributed by atoms with Crippen molar-refractivity contribution in [3.8, 4) is 0 Å². The van der Waals surface area contributed by atoms with Gasteiger partial charge in [-0.2, -0.15) is 13.2 Å². The zero-order valence-corrected chi connectivity index (χ0v) is 18.9. The molecule has 0 saturated carbocycles. The minimum absolute atomic E-state index is 0. The van der Waals surface area contributed by atoms with Crippen LogP contribution in [0.1, 0.15) is 16.7 Å². The molecule has 0 radical (unpaired) electrons. The fourth-order valence-electron chi connectivity index (χ4n) is 3.03. The van der Waals surface area contributed by atoms with Gasteiger partial charge in [0.15, 0.2) is 5.96 Å². The van der Waals surface area contributed by atoms with E-state index >= 15 is 0 Å². The lowest BCUT2D eigenvalue weighted by Gasteiger charge is -2.29. The van der Waals surface area contributed by atoms with Crippen molar-refractivity contribution >= 4 is 35.8 Å². The smallest absolute Gasteiger partial charge is 0.378 e. The van der Waals surface area contributed by atoms with E-state index in [-0.39, 0.29) is 24.0 Å². The zero-order chi connectivity index (χ0) is 20.7. The first kappa shape index (κ1) is 24.2. The molecule has 3 rings (SSSR count). The largest absolute Gasteiger partial charge is 0.416 e. The maximum Gasteiger partial charge on any atom is 0.416 e. The van der Waals surface area contributed by atoms with Crippen LogP contribution in [-0.2, 0) is 24.0 Å². The summed E-state index contributed by atoms with van der Waals surface area (Å²) in [4.78, 5) is 10.9. The van der Waals surface area contributed by atoms with Gasteiger partial charge in [0.2, 0.25) is 0 Å². The number of hydrogen-bond donors (Lipinski definition) is 2. The molecule has 0 aliphatic carbocycles. The molecule has 1 aromatic carbocycles. The second kappa shape index (κ2) is 11.3. The molecule has 1 aromatic heterocycles. The standard InChI is InChI=1S/C20H24F3N5O.HI/c1-24-19(26-13-15-4-6-17(7-5-15)20(21,22)23)27-14-16-3-2-8-25-18(16)28-9-11-29-12-10-28;/h2-8H,9-14H2,1H3,(H2,24,26,27);1H. The van der Waals surface area contributed by atoms with Gasteiger partial charge < -0.3 is 20.3 Å². The van der Waals surface area contributed by atoms with Crippen molar-refractivity contribution in [2.45, 2.75) is 19.3 Å². The number of guanidine groups is 1. The van der Waals surface area contributed by atoms with Gasteiger partial charge in [-0.25, -0.2) is 4.98 Å². The van der Waals surface area contributed by atoms with Gasteiger partial charge in [-0.1, -0.05) is 18.2 Å². The van der Waals surface area contributed by atoms with Gasteiger partial charge >= 0.3 is 6.18 Å². The van der Waals surface area contributed by atoms with Gasteiger partial charge in [0.1, 0.15) is 5.82 Å². The molecule has 1 aliphatic rings. The Kier molecular flexibility index (Phi) is 9.15. The van der Waals surface area contributed by atoms with Gasteiger partial charge in [-0.3, -0.25) is 4.99 Å². The Morgan fingerprint density at radius 1 is 1.10 bits per heavy atom. The molecule has 0 atom stereocenters. The average Bonchev–Trinajstić information content (AvgIpc) is 2.74. The van der Waals surface area contributed by atoms with Crippen LogP contribution in [0.5, 0.6) is 0 Å². The van der Waals surface area contributed by atoms with Crippen LogP contribution < -0.4 is 15.5 Å². The fraction of sp³-hybridized carbons (Fsp3) is 0.400. The highest BCUT2D eigenvalue weighted by atomic mass is 127. The SMILES string of the molecule is CN=C(NCc1ccc(C(F)(F)F)cc1)NCc1cccnc1N1CCOCC1.I. The second-order valence-corrected chi connectivity index (χ2v) is 6.56. The number of nitrogens with one attached hydrogen (secondary N) is 2. The van der Waals surface area contributed by atoms with Crippen LogP contribution in [0, 0.1) is 0 Å². The van der Waals surface area contributed by atoms with Crippen LogP contribution in [0.3, 0.4) is 0 Å². The van der Waals surface area contributed by atoms with Gasteiger partial charge in [0.25, 0.3) is 0 Å². The van der Waals surface area contributed by atoms with Crippen molar-refractivity contribution in [1.82, 2.24) is 15.6 Å². The number of morpholine rings is 1. The lowest BCUT2D eigenvalue weighted by Crippen LogP contribution is -2.39. The van der Waals surface area contributed by atoms with Crippen molar-refractivity contribution in [1.29, 1.82) is 0 Å². The summed E-state index contributed by atoms with van der Waals surface area (Å²) in [5.74, 6) is 1.48. The predicted molar refractivity (Wildman–Crippen MR) is 121 cm³/mol. The van der Waals surface area contributed by atoms with Crippen molar-refractivity contribution in [2.24, 2.45) is 4.99 Å². The van der Waals surface area contributed by atoms with Crippen molar-refractivity contribution in [3.05, 3.63) is 59.3 Å². The number of pyridine rings is 1. The normalized spacial score (nSPS) is 14.8. The fourth-order valence-corrected chi connectivity index (χ4v) is 3.03. The molecule has 0 amide bonds. The third-order valence-electron chi connectivity index (χ3n) is 4.59. The molecule has 30 heavy (non-hydrogen) atoms. The summed E-state index contributed by atoms with van der Waals surface area (Å²) in [6.45, 7) is 3.84. The Labute approximate surface area is 190 Å². The minimum atomic E-state index is -4.33. The Bertz CT molecular complexity index is 824. The molecule has 2 aromatic rings. The molecule has 1 fully saturated rings. The zero-order valence-electron chi connectivity index (χ0n) is 16.6. The molecule has 6 nitrogen and oxygen atoms in total. The summed E-state index contributed by atoms with van der Waals surface area (Å²) in [5, 5.41) is 6.35. The molecule has 0 unspecified atom stereocenters. The van der Waals surface area contributed by atoms with Crippen molar-refractivity contribution in [3.63, 3.8) is 0 Å². The van der Waals surface area contributed by atoms with E-state index in [1.165, 1.54) is 12.1 Å². The number of halogens is 4. The van der Waals surface area contributed by atoms with Crippen LogP contribution in [-0.4, -0.2) is 44.3 Å². The third kappa shape index (κ3) is 6.73. The summed E-state index contributed by atoms with van der Waals surface area (Å²) in [6.07, 6.45) is -2.56. The summed E-state index contributed by atoms with van der Waals surface area (Å²) >= 11 is 0. The third-order valence-corrected chi connectivity index (χ3v) is 4.59. The molecule has 0 bridgehead atoms. The number of rotatable bonds is 5. The van der Waals surface area contributed by atoms with E-state index in [0.717, 1.165) is 42.2 Å². The van der Waals surface area contributed by atoms with Gasteiger partial charge in [-0.05, 0) is 23.8 Å². The number of nitrogens with zero attached hydrogens (tertiary/aromatic N) is 3. The molecular formula is C20H25F3IN5O. The van der Waals surface area contributed by atoms with Crippen LogP contribution in [0.15, 0.2) is 47.6 Å². The van der Waals surface area contributed by atoms with Crippen molar-refractivity contribution < 1.29 is 17.9 Å². The molecule has 1 saturated heterocycles. The second-order valence-electron chi connectivity index (χ2n) is 6.56. The van der Waals surface area contributed by atoms with Gasteiger partial charge in [0.05, 0.1) is 18.8 Å². The van der Waals surface area contributed by atoms with Gasteiger partial charge in [0, 0.05) is 45.0 Å². The van der Waals surface area contributed by atoms with Crippen LogP contribution >= 0.6 is 24.0 Å². The highest BCUT2D eigenvalue weighted by Gasteiger charge is 2.29. The molecule has 164 valence electrons. The lowest BCUT2D eigenvalue weighted by molar-refractivity contribution is -0.137. The first-order valence-corrected chi connectivity index (χ1v) is 9.34. The van der Waals surface area contributed by atoms with E-state index in [1.54, 1.807) is 13.2 Å². The van der Waals surface area contributed by atoms with E-state index < -0.39 is 11.7 Å². The maximum atomic E-state index is 12.7. The minimum Gasteiger partial charge on any atom is -0.378 e. The topological polar surface area (TPSA) is 61.8 Å². The molecular weight excluding hydrogens is 510 g/mol. The maximum absolute atomic E-state index is 12.7. The Hall–Kier alpha value is -2.08. The predicted octanol–water partition coefficient (Wildman–Crippen LogP) is 3.42. The average molecular weight is 535 g/mol. The first-order valence-electron chi connectivity index (χ1n) is 9.34. The summed E-state index contributed by atoms with van der Waals surface area (Å²) in [5.41, 5.74) is 1.11. The van der Waals surface area contributed by atoms with Crippen molar-refractivity contribution in [2.75, 3.05) is 38.3 Å². The molecule has 2 N–H and O–H groups in total. The number of anilines is 1. The van der Waals surface area contributed by atoms with Crippen LogP contribution in [0.4, 0.5) is 19.0 Å². The monoisotopic (exact) mass is 535 g/mol. The molecule has 0 spiro atoms. The highest BCUT2D eigenvalue weighted by molar-refractivity contribution is 14.0. The lowest BCUT2D eigenvalue weighted by atomic mass is 10.1. The quantitative estimate of drug-likeness (QED) is 0.349. The number of benzene rings is 1. The number of alkyl halides is 3. The van der Waals surface area contributed by atoms with E-state index in [1.807, 2.05) is 12.1 Å². The molecule has 10 heteroatoms. The van der Waals surface area contributed by atoms with E-state index in [4.69, 9.17) is 4.74 Å².